The van der Waals surface area contributed by atoms with Gasteiger partial charge in [-0.1, -0.05) is 24.3 Å². The number of hydrogen-bond donors (Lipinski definition) is 2. The van der Waals surface area contributed by atoms with Crippen molar-refractivity contribution in [1.82, 2.24) is 9.97 Å². The molecule has 0 radical (unpaired) electrons. The molecular formula is C18H19N3. The van der Waals surface area contributed by atoms with Crippen LogP contribution < -0.4 is 5.32 Å². The van der Waals surface area contributed by atoms with Crippen LogP contribution >= 0.6 is 0 Å². The first-order chi connectivity index (χ1) is 10.2. The van der Waals surface area contributed by atoms with Crippen molar-refractivity contribution in [1.29, 1.82) is 0 Å². The SMILES string of the molecule is Cc1cc(C)c2nc(C3CCNc4ccccc43)[nH]c2c1. The molecule has 1 atom stereocenters. The minimum atomic E-state index is 0.356. The van der Waals surface area contributed by atoms with Gasteiger partial charge in [0.1, 0.15) is 5.82 Å². The fraction of sp³-hybridized carbons (Fsp3) is 0.278. The molecule has 0 amide bonds. The van der Waals surface area contributed by atoms with Crippen LogP contribution in [0.5, 0.6) is 0 Å². The lowest BCUT2D eigenvalue weighted by atomic mass is 9.90. The van der Waals surface area contributed by atoms with E-state index in [0.29, 0.717) is 5.92 Å². The van der Waals surface area contributed by atoms with Gasteiger partial charge in [0, 0.05) is 18.2 Å². The zero-order chi connectivity index (χ0) is 14.4. The molecule has 1 aromatic heterocycles. The summed E-state index contributed by atoms with van der Waals surface area (Å²) >= 11 is 0. The molecule has 3 aromatic rings. The van der Waals surface area contributed by atoms with Crippen molar-refractivity contribution in [3.63, 3.8) is 0 Å². The molecule has 2 aromatic carbocycles. The van der Waals surface area contributed by atoms with Crippen LogP contribution in [-0.2, 0) is 0 Å². The van der Waals surface area contributed by atoms with Crippen molar-refractivity contribution in [3.8, 4) is 0 Å². The minimum Gasteiger partial charge on any atom is -0.385 e. The van der Waals surface area contributed by atoms with Crippen molar-refractivity contribution < 1.29 is 0 Å². The topological polar surface area (TPSA) is 40.7 Å². The number of aryl methyl sites for hydroxylation is 2. The normalized spacial score (nSPS) is 17.5. The Balaban J connectivity index is 1.86. The second-order valence-electron chi connectivity index (χ2n) is 5.96. The van der Waals surface area contributed by atoms with Gasteiger partial charge in [-0.25, -0.2) is 4.98 Å². The van der Waals surface area contributed by atoms with E-state index in [-0.39, 0.29) is 0 Å². The fourth-order valence-corrected chi connectivity index (χ4v) is 3.41. The third kappa shape index (κ3) is 2.00. The van der Waals surface area contributed by atoms with Gasteiger partial charge in [-0.05, 0) is 49.1 Å². The number of para-hydroxylation sites is 1. The van der Waals surface area contributed by atoms with E-state index in [1.165, 1.54) is 22.4 Å². The quantitative estimate of drug-likeness (QED) is 0.702. The lowest BCUT2D eigenvalue weighted by Gasteiger charge is -2.25. The summed E-state index contributed by atoms with van der Waals surface area (Å²) in [4.78, 5) is 8.44. The van der Waals surface area contributed by atoms with Gasteiger partial charge >= 0.3 is 0 Å². The number of imidazole rings is 1. The first kappa shape index (κ1) is 12.5. The number of aromatic nitrogens is 2. The molecule has 0 bridgehead atoms. The van der Waals surface area contributed by atoms with Crippen LogP contribution in [0, 0.1) is 13.8 Å². The molecule has 0 saturated heterocycles. The highest BCUT2D eigenvalue weighted by Gasteiger charge is 2.24. The first-order valence-electron chi connectivity index (χ1n) is 7.52. The summed E-state index contributed by atoms with van der Waals surface area (Å²) in [5.41, 5.74) is 7.36. The molecule has 0 fully saturated rings. The predicted molar refractivity (Wildman–Crippen MR) is 87.0 cm³/mol. The second kappa shape index (κ2) is 4.62. The second-order valence-corrected chi connectivity index (χ2v) is 5.96. The van der Waals surface area contributed by atoms with Gasteiger partial charge in [-0.15, -0.1) is 0 Å². The summed E-state index contributed by atoms with van der Waals surface area (Å²) in [6, 6.07) is 12.9. The number of anilines is 1. The Morgan fingerprint density at radius 2 is 2.00 bits per heavy atom. The van der Waals surface area contributed by atoms with Gasteiger partial charge in [-0.2, -0.15) is 0 Å². The van der Waals surface area contributed by atoms with Gasteiger partial charge in [0.05, 0.1) is 11.0 Å². The summed E-state index contributed by atoms with van der Waals surface area (Å²) in [5, 5.41) is 3.47. The third-order valence-corrected chi connectivity index (χ3v) is 4.35. The van der Waals surface area contributed by atoms with Crippen molar-refractivity contribution in [2.24, 2.45) is 0 Å². The number of nitrogens with zero attached hydrogens (tertiary/aromatic N) is 1. The maximum Gasteiger partial charge on any atom is 0.114 e. The van der Waals surface area contributed by atoms with E-state index in [1.54, 1.807) is 0 Å². The molecule has 3 heteroatoms. The smallest absolute Gasteiger partial charge is 0.114 e. The summed E-state index contributed by atoms with van der Waals surface area (Å²) < 4.78 is 0. The highest BCUT2D eigenvalue weighted by atomic mass is 15.0. The molecule has 4 rings (SSSR count). The fourth-order valence-electron chi connectivity index (χ4n) is 3.41. The summed E-state index contributed by atoms with van der Waals surface area (Å²) in [6.45, 7) is 5.26. The average molecular weight is 277 g/mol. The number of fused-ring (bicyclic) bond motifs is 2. The zero-order valence-corrected chi connectivity index (χ0v) is 12.4. The Hall–Kier alpha value is -2.29. The first-order valence-corrected chi connectivity index (χ1v) is 7.52. The molecule has 106 valence electrons. The molecule has 2 N–H and O–H groups in total. The molecule has 0 saturated carbocycles. The number of aromatic amines is 1. The third-order valence-electron chi connectivity index (χ3n) is 4.35. The van der Waals surface area contributed by atoms with Gasteiger partial charge in [-0.3, -0.25) is 0 Å². The lowest BCUT2D eigenvalue weighted by Crippen LogP contribution is -2.18. The van der Waals surface area contributed by atoms with Crippen molar-refractivity contribution in [2.45, 2.75) is 26.2 Å². The van der Waals surface area contributed by atoms with Gasteiger partial charge in [0.15, 0.2) is 0 Å². The van der Waals surface area contributed by atoms with Crippen molar-refractivity contribution >= 4 is 16.7 Å². The predicted octanol–water partition coefficient (Wildman–Crippen LogP) is 4.13. The van der Waals surface area contributed by atoms with Crippen molar-refractivity contribution in [2.75, 3.05) is 11.9 Å². The number of benzene rings is 2. The Morgan fingerprint density at radius 3 is 2.90 bits per heavy atom. The maximum absolute atomic E-state index is 4.89. The zero-order valence-electron chi connectivity index (χ0n) is 12.4. The molecule has 0 spiro atoms. The largest absolute Gasteiger partial charge is 0.385 e. The summed E-state index contributed by atoms with van der Waals surface area (Å²) in [6.07, 6.45) is 1.08. The van der Waals surface area contributed by atoms with Gasteiger partial charge in [0.25, 0.3) is 0 Å². The summed E-state index contributed by atoms with van der Waals surface area (Å²) in [7, 11) is 0. The molecule has 3 nitrogen and oxygen atoms in total. The highest BCUT2D eigenvalue weighted by Crippen LogP contribution is 2.36. The summed E-state index contributed by atoms with van der Waals surface area (Å²) in [5.74, 6) is 1.45. The van der Waals surface area contributed by atoms with Gasteiger partial charge < -0.3 is 10.3 Å². The van der Waals surface area contributed by atoms with E-state index >= 15 is 0 Å². The Morgan fingerprint density at radius 1 is 1.14 bits per heavy atom. The number of rotatable bonds is 1. The molecule has 0 aliphatic carbocycles. The van der Waals surface area contributed by atoms with E-state index in [0.717, 1.165) is 29.8 Å². The Bertz CT molecular complexity index is 816. The molecule has 1 aliphatic rings. The standard InChI is InChI=1S/C18H19N3/c1-11-9-12(2)17-16(10-11)20-18(21-17)14-7-8-19-15-6-4-3-5-13(14)15/h3-6,9-10,14,19H,7-8H2,1-2H3,(H,20,21). The van der Waals surface area contributed by atoms with Crippen molar-refractivity contribution in [3.05, 3.63) is 58.9 Å². The van der Waals surface area contributed by atoms with E-state index in [4.69, 9.17) is 4.98 Å². The van der Waals surface area contributed by atoms with E-state index in [1.807, 2.05) is 0 Å². The number of hydrogen-bond acceptors (Lipinski definition) is 2. The van der Waals surface area contributed by atoms with E-state index < -0.39 is 0 Å². The lowest BCUT2D eigenvalue weighted by molar-refractivity contribution is 0.686. The van der Waals surface area contributed by atoms with Crippen LogP contribution in [0.4, 0.5) is 5.69 Å². The Kier molecular flexibility index (Phi) is 2.74. The van der Waals surface area contributed by atoms with Crippen LogP contribution in [0.2, 0.25) is 0 Å². The monoisotopic (exact) mass is 277 g/mol. The van der Waals surface area contributed by atoms with Gasteiger partial charge in [0.2, 0.25) is 0 Å². The van der Waals surface area contributed by atoms with Crippen LogP contribution in [0.1, 0.15) is 34.9 Å². The van der Waals surface area contributed by atoms with E-state index in [9.17, 15) is 0 Å². The molecule has 1 unspecified atom stereocenters. The maximum atomic E-state index is 4.89. The highest BCUT2D eigenvalue weighted by molar-refractivity contribution is 5.80. The molecular weight excluding hydrogens is 258 g/mol. The van der Waals surface area contributed by atoms with Crippen LogP contribution in [0.25, 0.3) is 11.0 Å². The Labute approximate surface area is 124 Å². The average Bonchev–Trinajstić information content (AvgIpc) is 2.90. The minimum absolute atomic E-state index is 0.356. The van der Waals surface area contributed by atoms with Crippen LogP contribution in [0.3, 0.4) is 0 Å². The van der Waals surface area contributed by atoms with Crippen LogP contribution in [-0.4, -0.2) is 16.5 Å². The molecule has 21 heavy (non-hydrogen) atoms. The van der Waals surface area contributed by atoms with E-state index in [2.05, 4.69) is 60.5 Å². The molecule has 2 heterocycles. The number of nitrogens with one attached hydrogen (secondary N) is 2. The molecule has 1 aliphatic heterocycles. The van der Waals surface area contributed by atoms with Crippen LogP contribution in [0.15, 0.2) is 36.4 Å². The number of H-pyrrole nitrogens is 1.